The monoisotopic (exact) mass is 447 g/mol. The predicted molar refractivity (Wildman–Crippen MR) is 127 cm³/mol. The van der Waals surface area contributed by atoms with Crippen molar-refractivity contribution in [3.8, 4) is 28.3 Å². The lowest BCUT2D eigenvalue weighted by atomic mass is 10.1. The summed E-state index contributed by atoms with van der Waals surface area (Å²) in [7, 11) is 5.44. The van der Waals surface area contributed by atoms with E-state index >= 15 is 0 Å². The van der Waals surface area contributed by atoms with Crippen LogP contribution in [0.4, 0.5) is 4.39 Å². The van der Waals surface area contributed by atoms with Crippen molar-refractivity contribution in [1.82, 2.24) is 25.4 Å². The summed E-state index contributed by atoms with van der Waals surface area (Å²) < 4.78 is 19.7. The number of methoxy groups -OCH3 is 1. The van der Waals surface area contributed by atoms with Crippen molar-refractivity contribution < 1.29 is 13.9 Å². The van der Waals surface area contributed by atoms with E-state index in [1.807, 2.05) is 32.3 Å². The third-order valence-corrected chi connectivity index (χ3v) is 5.38. The first-order valence-corrected chi connectivity index (χ1v) is 10.7. The van der Waals surface area contributed by atoms with Gasteiger partial charge < -0.3 is 15.0 Å². The number of carbonyl (C=O) groups is 1. The van der Waals surface area contributed by atoms with Crippen LogP contribution in [0.3, 0.4) is 0 Å². The normalized spacial score (nSPS) is 11.2. The Morgan fingerprint density at radius 3 is 2.64 bits per heavy atom. The number of nitrogens with one attached hydrogen (secondary N) is 2. The third kappa shape index (κ3) is 4.85. The Morgan fingerprint density at radius 1 is 1.12 bits per heavy atom. The maximum atomic E-state index is 14.6. The quantitative estimate of drug-likeness (QED) is 0.397. The molecule has 0 aliphatic heterocycles. The predicted octanol–water partition coefficient (Wildman–Crippen LogP) is 4.12. The molecule has 1 amide bonds. The first-order chi connectivity index (χ1) is 16.0. The van der Waals surface area contributed by atoms with Crippen LogP contribution in [-0.2, 0) is 0 Å². The van der Waals surface area contributed by atoms with Crippen LogP contribution in [0.1, 0.15) is 16.8 Å². The van der Waals surface area contributed by atoms with Gasteiger partial charge in [0.05, 0.1) is 18.5 Å². The molecule has 0 saturated carbocycles. The summed E-state index contributed by atoms with van der Waals surface area (Å²) in [5.41, 5.74) is 3.56. The molecule has 33 heavy (non-hydrogen) atoms. The van der Waals surface area contributed by atoms with Gasteiger partial charge in [-0.25, -0.2) is 9.37 Å². The zero-order valence-corrected chi connectivity index (χ0v) is 18.9. The average Bonchev–Trinajstić information content (AvgIpc) is 3.25. The van der Waals surface area contributed by atoms with Crippen LogP contribution >= 0.6 is 0 Å². The lowest BCUT2D eigenvalue weighted by Crippen LogP contribution is -2.27. The zero-order chi connectivity index (χ0) is 23.4. The smallest absolute Gasteiger partial charge is 0.251 e. The molecule has 0 aliphatic carbocycles. The topological polar surface area (TPSA) is 83.1 Å². The maximum Gasteiger partial charge on any atom is 0.251 e. The number of fused-ring (bicyclic) bond motifs is 1. The first-order valence-electron chi connectivity index (χ1n) is 10.7. The van der Waals surface area contributed by atoms with Crippen LogP contribution < -0.4 is 10.1 Å². The van der Waals surface area contributed by atoms with E-state index in [1.165, 1.54) is 7.11 Å². The number of ether oxygens (including phenoxy) is 1. The van der Waals surface area contributed by atoms with Crippen LogP contribution in [0, 0.1) is 5.82 Å². The van der Waals surface area contributed by atoms with Crippen molar-refractivity contribution in [2.75, 3.05) is 34.3 Å². The number of carbonyl (C=O) groups excluding carboxylic acids is 1. The number of aromatic amines is 1. The molecule has 0 atom stereocenters. The third-order valence-electron chi connectivity index (χ3n) is 5.38. The van der Waals surface area contributed by atoms with E-state index in [0.29, 0.717) is 29.0 Å². The molecule has 2 aromatic carbocycles. The second kappa shape index (κ2) is 9.79. The van der Waals surface area contributed by atoms with Crippen LogP contribution in [0.15, 0.2) is 54.6 Å². The highest BCUT2D eigenvalue weighted by molar-refractivity contribution is 5.96. The lowest BCUT2D eigenvalue weighted by molar-refractivity contribution is 0.0952. The zero-order valence-electron chi connectivity index (χ0n) is 18.9. The Balaban J connectivity index is 1.53. The molecule has 7 nitrogen and oxygen atoms in total. The summed E-state index contributed by atoms with van der Waals surface area (Å²) in [4.78, 5) is 19.0. The van der Waals surface area contributed by atoms with Gasteiger partial charge in [0.2, 0.25) is 0 Å². The number of hydrogen-bond donors (Lipinski definition) is 2. The SMILES string of the molecule is COc1cccc(-c2ccc3c(-c4ccc(C(=O)NCCCN(C)C)cc4)[nH]nc3n2)c1F. The summed E-state index contributed by atoms with van der Waals surface area (Å²) in [5.74, 6) is -0.390. The molecule has 2 heterocycles. The molecule has 4 rings (SSSR count). The molecule has 0 spiro atoms. The molecular formula is C25H26FN5O2. The van der Waals surface area contributed by atoms with Crippen molar-refractivity contribution in [3.63, 3.8) is 0 Å². The van der Waals surface area contributed by atoms with E-state index in [9.17, 15) is 9.18 Å². The highest BCUT2D eigenvalue weighted by atomic mass is 19.1. The van der Waals surface area contributed by atoms with Crippen molar-refractivity contribution in [2.45, 2.75) is 6.42 Å². The number of H-pyrrole nitrogens is 1. The molecule has 0 fully saturated rings. The van der Waals surface area contributed by atoms with Gasteiger partial charge >= 0.3 is 0 Å². The van der Waals surface area contributed by atoms with Gasteiger partial charge in [0, 0.05) is 28.6 Å². The van der Waals surface area contributed by atoms with E-state index in [4.69, 9.17) is 4.74 Å². The van der Waals surface area contributed by atoms with Crippen LogP contribution in [-0.4, -0.2) is 60.3 Å². The van der Waals surface area contributed by atoms with Gasteiger partial charge in [-0.2, -0.15) is 5.10 Å². The molecule has 8 heteroatoms. The molecule has 170 valence electrons. The Hall–Kier alpha value is -3.78. The molecule has 0 radical (unpaired) electrons. The Kier molecular flexibility index (Phi) is 6.65. The van der Waals surface area contributed by atoms with Gasteiger partial charge in [-0.1, -0.05) is 18.2 Å². The van der Waals surface area contributed by atoms with Crippen molar-refractivity contribution in [1.29, 1.82) is 0 Å². The number of hydrogen-bond acceptors (Lipinski definition) is 5. The second-order valence-electron chi connectivity index (χ2n) is 7.98. The van der Waals surface area contributed by atoms with Gasteiger partial charge in [0.1, 0.15) is 0 Å². The van der Waals surface area contributed by atoms with Crippen LogP contribution in [0.5, 0.6) is 5.75 Å². The lowest BCUT2D eigenvalue weighted by Gasteiger charge is -2.10. The number of amides is 1. The van der Waals surface area contributed by atoms with Gasteiger partial charge in [-0.3, -0.25) is 9.89 Å². The van der Waals surface area contributed by atoms with Crippen molar-refractivity contribution in [3.05, 3.63) is 66.0 Å². The van der Waals surface area contributed by atoms with Crippen molar-refractivity contribution in [2.24, 2.45) is 0 Å². The summed E-state index contributed by atoms with van der Waals surface area (Å²) in [6.45, 7) is 1.55. The first kappa shape index (κ1) is 22.4. The van der Waals surface area contributed by atoms with Crippen LogP contribution in [0.2, 0.25) is 0 Å². The minimum Gasteiger partial charge on any atom is -0.494 e. The number of nitrogens with zero attached hydrogens (tertiary/aromatic N) is 3. The fourth-order valence-electron chi connectivity index (χ4n) is 3.62. The molecule has 0 aliphatic rings. The number of halogens is 1. The molecular weight excluding hydrogens is 421 g/mol. The maximum absolute atomic E-state index is 14.6. The van der Waals surface area contributed by atoms with Gasteiger partial charge in [-0.15, -0.1) is 0 Å². The Labute approximate surface area is 191 Å². The summed E-state index contributed by atoms with van der Waals surface area (Å²) in [5, 5.41) is 11.1. The Bertz CT molecular complexity index is 1270. The van der Waals surface area contributed by atoms with Gasteiger partial charge in [-0.05, 0) is 63.5 Å². The molecule has 0 bridgehead atoms. The number of pyridine rings is 1. The van der Waals surface area contributed by atoms with E-state index in [-0.39, 0.29) is 11.7 Å². The molecule has 4 aromatic rings. The highest BCUT2D eigenvalue weighted by Crippen LogP contribution is 2.31. The molecule has 2 aromatic heterocycles. The average molecular weight is 448 g/mol. The summed E-state index contributed by atoms with van der Waals surface area (Å²) in [6, 6.07) is 15.9. The highest BCUT2D eigenvalue weighted by Gasteiger charge is 2.15. The second-order valence-corrected chi connectivity index (χ2v) is 7.98. The van der Waals surface area contributed by atoms with Gasteiger partial charge in [0.25, 0.3) is 5.91 Å². The minimum absolute atomic E-state index is 0.0959. The van der Waals surface area contributed by atoms with E-state index < -0.39 is 5.82 Å². The molecule has 0 saturated heterocycles. The van der Waals surface area contributed by atoms with E-state index in [0.717, 1.165) is 29.6 Å². The fourth-order valence-corrected chi connectivity index (χ4v) is 3.62. The number of benzene rings is 2. The van der Waals surface area contributed by atoms with Crippen LogP contribution in [0.25, 0.3) is 33.5 Å². The summed E-state index contributed by atoms with van der Waals surface area (Å²) in [6.07, 6.45) is 0.894. The largest absolute Gasteiger partial charge is 0.494 e. The Morgan fingerprint density at radius 2 is 1.91 bits per heavy atom. The standard InChI is InChI=1S/C25H26FN5O2/c1-31(2)15-5-14-27-25(32)17-10-8-16(9-11-17)23-19-12-13-20(28-24(19)30-29-23)18-6-4-7-21(33-3)22(18)26/h4,6-13H,5,14-15H2,1-3H3,(H,27,32)(H,28,29,30). The molecule has 0 unspecified atom stereocenters. The summed E-state index contributed by atoms with van der Waals surface area (Å²) >= 11 is 0. The minimum atomic E-state index is -0.460. The van der Waals surface area contributed by atoms with E-state index in [1.54, 1.807) is 36.4 Å². The number of rotatable bonds is 8. The van der Waals surface area contributed by atoms with Crippen molar-refractivity contribution >= 4 is 16.9 Å². The van der Waals surface area contributed by atoms with Gasteiger partial charge in [0.15, 0.2) is 17.2 Å². The fraction of sp³-hybridized carbons (Fsp3) is 0.240. The van der Waals surface area contributed by atoms with E-state index in [2.05, 4.69) is 25.4 Å². The molecule has 2 N–H and O–H groups in total. The number of aromatic nitrogens is 3.